The molecule has 7 rings (SSSR count). The second kappa shape index (κ2) is 17.5. The van der Waals surface area contributed by atoms with Crippen LogP contribution in [0.4, 0.5) is 0 Å². The second-order valence-electron chi connectivity index (χ2n) is 9.61. The number of rotatable bonds is 0. The van der Waals surface area contributed by atoms with Crippen molar-refractivity contribution >= 4 is 21.5 Å². The van der Waals surface area contributed by atoms with Crippen LogP contribution in [0.25, 0.3) is 21.5 Å². The van der Waals surface area contributed by atoms with Crippen LogP contribution in [0.3, 0.4) is 0 Å². The Morgan fingerprint density at radius 3 is 0.457 bits per heavy atom. The summed E-state index contributed by atoms with van der Waals surface area (Å²) >= 11 is 0. The van der Waals surface area contributed by atoms with Gasteiger partial charge in [0.1, 0.15) is 46.0 Å². The molecule has 0 fully saturated rings. The van der Waals surface area contributed by atoms with Crippen molar-refractivity contribution < 1.29 is 40.9 Å². The summed E-state index contributed by atoms with van der Waals surface area (Å²) in [5.41, 5.74) is 0. The molecule has 0 unspecified atom stereocenters. The van der Waals surface area contributed by atoms with Gasteiger partial charge in [-0.25, -0.2) is 0 Å². The molecule has 0 saturated carbocycles. The Labute approximate surface area is 265 Å². The first-order valence-corrected chi connectivity index (χ1v) is 13.9. The van der Waals surface area contributed by atoms with Crippen LogP contribution >= 0.6 is 0 Å². The third kappa shape index (κ3) is 12.4. The van der Waals surface area contributed by atoms with E-state index in [2.05, 4.69) is 60.7 Å². The first-order valence-electron chi connectivity index (χ1n) is 13.9. The van der Waals surface area contributed by atoms with Gasteiger partial charge in [-0.2, -0.15) is 0 Å². The molecule has 0 aliphatic rings. The summed E-state index contributed by atoms with van der Waals surface area (Å²) in [4.78, 5) is 0. The number of aromatic hydroxyl groups is 8. The van der Waals surface area contributed by atoms with E-state index in [-0.39, 0.29) is 46.0 Å². The topological polar surface area (TPSA) is 162 Å². The van der Waals surface area contributed by atoms with Gasteiger partial charge in [-0.05, 0) is 131 Å². The average molecular weight is 619 g/mol. The molecule has 0 spiro atoms. The minimum absolute atomic E-state index is 0.169. The van der Waals surface area contributed by atoms with E-state index in [9.17, 15) is 0 Å². The predicted octanol–water partition coefficient (Wildman–Crippen LogP) is 8.38. The van der Waals surface area contributed by atoms with E-state index in [4.69, 9.17) is 40.9 Å². The SMILES string of the molecule is Oc1ccc(O)cc1.Oc1ccc(O)cc1.Oc1ccc(O)cc1.Oc1ccc(O)cc1.c1ccc2cc3ccccc3cc2c1. The number of phenols is 8. The molecule has 0 aromatic heterocycles. The minimum Gasteiger partial charge on any atom is -0.508 e. The number of fused-ring (bicyclic) bond motifs is 2. The molecular weight excluding hydrogens is 584 g/mol. The Hall–Kier alpha value is -6.54. The predicted molar refractivity (Wildman–Crippen MR) is 181 cm³/mol. The van der Waals surface area contributed by atoms with Crippen LogP contribution in [0.2, 0.25) is 0 Å². The zero-order valence-corrected chi connectivity index (χ0v) is 24.6. The zero-order chi connectivity index (χ0) is 33.3. The Morgan fingerprint density at radius 1 is 0.196 bits per heavy atom. The van der Waals surface area contributed by atoms with Crippen molar-refractivity contribution in [1.29, 1.82) is 0 Å². The van der Waals surface area contributed by atoms with Gasteiger partial charge in [-0.15, -0.1) is 0 Å². The zero-order valence-electron chi connectivity index (χ0n) is 24.6. The van der Waals surface area contributed by atoms with Gasteiger partial charge in [0.2, 0.25) is 0 Å². The number of phenolic OH excluding ortho intramolecular Hbond substituents is 8. The third-order valence-electron chi connectivity index (χ3n) is 6.01. The monoisotopic (exact) mass is 618 g/mol. The molecule has 0 saturated heterocycles. The summed E-state index contributed by atoms with van der Waals surface area (Å²) in [6.45, 7) is 0. The fourth-order valence-electron chi connectivity index (χ4n) is 3.69. The van der Waals surface area contributed by atoms with Crippen molar-refractivity contribution in [2.24, 2.45) is 0 Å². The molecule has 7 aromatic rings. The highest BCUT2D eigenvalue weighted by molar-refractivity contribution is 5.98. The van der Waals surface area contributed by atoms with Gasteiger partial charge in [0.25, 0.3) is 0 Å². The summed E-state index contributed by atoms with van der Waals surface area (Å²) in [6.07, 6.45) is 0. The van der Waals surface area contributed by atoms with E-state index in [0.717, 1.165) is 0 Å². The van der Waals surface area contributed by atoms with E-state index >= 15 is 0 Å². The first kappa shape index (κ1) is 34.0. The van der Waals surface area contributed by atoms with Crippen LogP contribution in [0.1, 0.15) is 0 Å². The molecule has 234 valence electrons. The van der Waals surface area contributed by atoms with Crippen molar-refractivity contribution in [3.05, 3.63) is 158 Å². The highest BCUT2D eigenvalue weighted by Crippen LogP contribution is 2.22. The molecular formula is C38H34O8. The van der Waals surface area contributed by atoms with E-state index in [0.29, 0.717) is 0 Å². The fourth-order valence-corrected chi connectivity index (χ4v) is 3.69. The molecule has 8 heteroatoms. The summed E-state index contributed by atoms with van der Waals surface area (Å²) in [7, 11) is 0. The molecule has 0 aliphatic carbocycles. The highest BCUT2D eigenvalue weighted by atomic mass is 16.3. The maximum Gasteiger partial charge on any atom is 0.115 e. The van der Waals surface area contributed by atoms with Crippen LogP contribution in [0.15, 0.2) is 158 Å². The van der Waals surface area contributed by atoms with E-state index in [1.807, 2.05) is 0 Å². The van der Waals surface area contributed by atoms with Gasteiger partial charge >= 0.3 is 0 Å². The molecule has 0 bridgehead atoms. The standard InChI is InChI=1S/C14H10.4C6H6O2/c1-2-6-12-10-14-8-4-3-7-13(14)9-11(12)5-1;4*7-5-1-2-6(8)4-3-5/h1-10H;4*1-4,7-8H. The fraction of sp³-hybridized carbons (Fsp3) is 0. The highest BCUT2D eigenvalue weighted by Gasteiger charge is 1.95. The molecule has 0 atom stereocenters. The Bertz CT molecular complexity index is 1520. The number of hydrogen-bond donors (Lipinski definition) is 8. The van der Waals surface area contributed by atoms with Gasteiger partial charge in [0, 0.05) is 0 Å². The molecule has 8 nitrogen and oxygen atoms in total. The van der Waals surface area contributed by atoms with Crippen molar-refractivity contribution in [2.45, 2.75) is 0 Å². The van der Waals surface area contributed by atoms with E-state index in [1.54, 1.807) is 0 Å². The second-order valence-corrected chi connectivity index (χ2v) is 9.61. The van der Waals surface area contributed by atoms with Crippen LogP contribution in [0, 0.1) is 0 Å². The average Bonchev–Trinajstić information content (AvgIpc) is 3.07. The molecule has 46 heavy (non-hydrogen) atoms. The van der Waals surface area contributed by atoms with Crippen LogP contribution in [-0.4, -0.2) is 40.9 Å². The lowest BCUT2D eigenvalue weighted by molar-refractivity contribution is 0.460. The quantitative estimate of drug-likeness (QED) is 0.0621. The van der Waals surface area contributed by atoms with Crippen molar-refractivity contribution in [2.75, 3.05) is 0 Å². The largest absolute Gasteiger partial charge is 0.508 e. The third-order valence-corrected chi connectivity index (χ3v) is 6.01. The Kier molecular flexibility index (Phi) is 13.0. The van der Waals surface area contributed by atoms with Gasteiger partial charge in [0.05, 0.1) is 0 Å². The Balaban J connectivity index is 0.000000161. The van der Waals surface area contributed by atoms with Crippen molar-refractivity contribution in [3.63, 3.8) is 0 Å². The molecule has 8 N–H and O–H groups in total. The molecule has 7 aromatic carbocycles. The van der Waals surface area contributed by atoms with Gasteiger partial charge in [-0.3, -0.25) is 0 Å². The minimum atomic E-state index is 0.169. The maximum atomic E-state index is 8.65. The molecule has 0 amide bonds. The molecule has 0 radical (unpaired) electrons. The lowest BCUT2D eigenvalue weighted by Gasteiger charge is -2.00. The van der Waals surface area contributed by atoms with Gasteiger partial charge in [0.15, 0.2) is 0 Å². The summed E-state index contributed by atoms with van der Waals surface area (Å²) in [5.74, 6) is 1.35. The Morgan fingerprint density at radius 2 is 0.326 bits per heavy atom. The van der Waals surface area contributed by atoms with Crippen LogP contribution in [-0.2, 0) is 0 Å². The summed E-state index contributed by atoms with van der Waals surface area (Å²) in [5, 5.41) is 74.4. The number of benzene rings is 7. The van der Waals surface area contributed by atoms with Crippen LogP contribution < -0.4 is 0 Å². The van der Waals surface area contributed by atoms with Gasteiger partial charge < -0.3 is 40.9 Å². The first-order chi connectivity index (χ1) is 22.1. The van der Waals surface area contributed by atoms with E-state index < -0.39 is 0 Å². The summed E-state index contributed by atoms with van der Waals surface area (Å²) < 4.78 is 0. The summed E-state index contributed by atoms with van der Waals surface area (Å²) in [6, 6.07) is 44.2. The lowest BCUT2D eigenvalue weighted by atomic mass is 10.0. The smallest absolute Gasteiger partial charge is 0.115 e. The van der Waals surface area contributed by atoms with E-state index in [1.165, 1.54) is 119 Å². The van der Waals surface area contributed by atoms with Gasteiger partial charge in [-0.1, -0.05) is 48.5 Å². The van der Waals surface area contributed by atoms with Crippen LogP contribution in [0.5, 0.6) is 46.0 Å². The van der Waals surface area contributed by atoms with Crippen molar-refractivity contribution in [3.8, 4) is 46.0 Å². The normalized spacial score (nSPS) is 9.57. The maximum absolute atomic E-state index is 8.65. The number of hydrogen-bond acceptors (Lipinski definition) is 8. The van der Waals surface area contributed by atoms with Crippen molar-refractivity contribution in [1.82, 2.24) is 0 Å². The molecule has 0 heterocycles. The molecule has 0 aliphatic heterocycles. The lowest BCUT2D eigenvalue weighted by Crippen LogP contribution is -1.74.